The molecule has 8 heteroatoms. The van der Waals surface area contributed by atoms with Crippen molar-refractivity contribution in [3.63, 3.8) is 0 Å². The Labute approximate surface area is 178 Å². The lowest BCUT2D eigenvalue weighted by Gasteiger charge is -2.37. The highest BCUT2D eigenvalue weighted by atomic mass is 35.5. The molecular weight excluding hydrogens is 397 g/mol. The Morgan fingerprint density at radius 2 is 2.04 bits per heavy atom. The van der Waals surface area contributed by atoms with Crippen molar-refractivity contribution < 1.29 is 0 Å². The molecule has 3 aliphatic rings. The molecule has 28 heavy (non-hydrogen) atoms. The highest BCUT2D eigenvalue weighted by molar-refractivity contribution is 5.85. The topological polar surface area (TPSA) is 55.1 Å². The van der Waals surface area contributed by atoms with E-state index in [1.165, 1.54) is 25.0 Å². The van der Waals surface area contributed by atoms with Gasteiger partial charge in [0.15, 0.2) is 0 Å². The van der Waals surface area contributed by atoms with Gasteiger partial charge in [0.05, 0.1) is 6.54 Å². The van der Waals surface area contributed by atoms with Crippen molar-refractivity contribution in [1.82, 2.24) is 24.3 Å². The second-order valence-corrected chi connectivity index (χ2v) is 8.25. The molecule has 2 aliphatic heterocycles. The summed E-state index contributed by atoms with van der Waals surface area (Å²) in [6.45, 7) is 4.45. The van der Waals surface area contributed by atoms with Crippen LogP contribution in [0.25, 0.3) is 0 Å². The van der Waals surface area contributed by atoms with Gasteiger partial charge < -0.3 is 14.5 Å². The van der Waals surface area contributed by atoms with Gasteiger partial charge in [-0.3, -0.25) is 9.69 Å². The Morgan fingerprint density at radius 1 is 1.21 bits per heavy atom. The average molecular weight is 426 g/mol. The molecule has 0 amide bonds. The molecule has 154 valence electrons. The summed E-state index contributed by atoms with van der Waals surface area (Å²) in [5, 5.41) is 3.51. The summed E-state index contributed by atoms with van der Waals surface area (Å²) in [5.41, 5.74) is 2.39. The normalized spacial score (nSPS) is 22.9. The van der Waals surface area contributed by atoms with Gasteiger partial charge in [-0.1, -0.05) is 6.07 Å². The summed E-state index contributed by atoms with van der Waals surface area (Å²) >= 11 is 0. The summed E-state index contributed by atoms with van der Waals surface area (Å²) in [4.78, 5) is 20.1. The molecule has 0 spiro atoms. The number of piperidine rings is 1. The standard InChI is InChI=1S/C20H27N5O.2ClH/c1-23-7-6-22-19(23)13-24(17-3-4-17)12-15-2-5-18-16-8-14(9-21-10-16)11-25(18)20(15)26;;/h2,5-7,14,16-17,21H,3-4,8-13H2,1H3;2*1H/t14-,16+;;/m0../s1. The minimum atomic E-state index is 0. The average Bonchev–Trinajstić information content (AvgIpc) is 3.41. The predicted molar refractivity (Wildman–Crippen MR) is 114 cm³/mol. The van der Waals surface area contributed by atoms with E-state index < -0.39 is 0 Å². The Hall–Kier alpha value is -1.34. The number of hydrogen-bond acceptors (Lipinski definition) is 4. The Balaban J connectivity index is 0.00000112. The van der Waals surface area contributed by atoms with Crippen LogP contribution in [0.4, 0.5) is 0 Å². The minimum absolute atomic E-state index is 0. The van der Waals surface area contributed by atoms with Crippen molar-refractivity contribution in [1.29, 1.82) is 0 Å². The molecular formula is C20H29Cl2N5O. The van der Waals surface area contributed by atoms with Crippen molar-refractivity contribution in [3.8, 4) is 0 Å². The van der Waals surface area contributed by atoms with E-state index >= 15 is 0 Å². The zero-order valence-electron chi connectivity index (χ0n) is 16.2. The number of halogens is 2. The monoisotopic (exact) mass is 425 g/mol. The van der Waals surface area contributed by atoms with Crippen LogP contribution >= 0.6 is 24.8 Å². The van der Waals surface area contributed by atoms with Crippen LogP contribution in [0.15, 0.2) is 29.3 Å². The van der Waals surface area contributed by atoms with Crippen LogP contribution in [0, 0.1) is 5.92 Å². The van der Waals surface area contributed by atoms with Crippen LogP contribution in [0.2, 0.25) is 0 Å². The number of hydrogen-bond donors (Lipinski definition) is 1. The van der Waals surface area contributed by atoms with Crippen LogP contribution in [0.3, 0.4) is 0 Å². The number of pyridine rings is 1. The summed E-state index contributed by atoms with van der Waals surface area (Å²) in [5.74, 6) is 2.16. The summed E-state index contributed by atoms with van der Waals surface area (Å²) < 4.78 is 4.14. The van der Waals surface area contributed by atoms with Gasteiger partial charge >= 0.3 is 0 Å². The Kier molecular flexibility index (Phi) is 6.54. The summed E-state index contributed by atoms with van der Waals surface area (Å²) in [7, 11) is 2.04. The third-order valence-corrected chi connectivity index (χ3v) is 6.29. The number of imidazole rings is 1. The molecule has 2 bridgehead atoms. The van der Waals surface area contributed by atoms with Crippen LogP contribution in [-0.4, -0.2) is 38.1 Å². The lowest BCUT2D eigenvalue weighted by molar-refractivity contribution is 0.231. The molecule has 4 heterocycles. The van der Waals surface area contributed by atoms with Gasteiger partial charge in [-0.15, -0.1) is 24.8 Å². The maximum atomic E-state index is 13.2. The van der Waals surface area contributed by atoms with Gasteiger partial charge in [-0.05, 0) is 37.8 Å². The molecule has 1 aliphatic carbocycles. The largest absolute Gasteiger partial charge is 0.337 e. The van der Waals surface area contributed by atoms with E-state index in [0.29, 0.717) is 17.9 Å². The maximum Gasteiger partial charge on any atom is 0.255 e. The smallest absolute Gasteiger partial charge is 0.255 e. The third-order valence-electron chi connectivity index (χ3n) is 6.29. The van der Waals surface area contributed by atoms with Gasteiger partial charge in [0, 0.05) is 62.3 Å². The van der Waals surface area contributed by atoms with Crippen molar-refractivity contribution in [3.05, 3.63) is 52.0 Å². The van der Waals surface area contributed by atoms with Crippen molar-refractivity contribution in [2.45, 2.75) is 50.9 Å². The number of fused-ring (bicyclic) bond motifs is 4. The zero-order chi connectivity index (χ0) is 17.7. The zero-order valence-corrected chi connectivity index (χ0v) is 17.8. The summed E-state index contributed by atoms with van der Waals surface area (Å²) in [6, 6.07) is 4.88. The molecule has 0 radical (unpaired) electrons. The van der Waals surface area contributed by atoms with E-state index in [1.54, 1.807) is 0 Å². The van der Waals surface area contributed by atoms with Gasteiger partial charge in [-0.25, -0.2) is 4.98 Å². The molecule has 2 atom stereocenters. The fourth-order valence-corrected chi connectivity index (χ4v) is 4.66. The fraction of sp³-hybridized carbons (Fsp3) is 0.600. The second-order valence-electron chi connectivity index (χ2n) is 8.25. The molecule has 1 N–H and O–H groups in total. The molecule has 2 fully saturated rings. The third kappa shape index (κ3) is 4.01. The number of nitrogens with one attached hydrogen (secondary N) is 1. The van der Waals surface area contributed by atoms with Gasteiger partial charge in [0.1, 0.15) is 5.82 Å². The predicted octanol–water partition coefficient (Wildman–Crippen LogP) is 2.30. The highest BCUT2D eigenvalue weighted by Crippen LogP contribution is 2.33. The van der Waals surface area contributed by atoms with Crippen molar-refractivity contribution in [2.24, 2.45) is 13.0 Å². The first-order valence-corrected chi connectivity index (χ1v) is 9.82. The first kappa shape index (κ1) is 21.4. The number of aryl methyl sites for hydroxylation is 1. The van der Waals surface area contributed by atoms with E-state index in [9.17, 15) is 4.79 Å². The molecule has 6 nitrogen and oxygen atoms in total. The van der Waals surface area contributed by atoms with Crippen LogP contribution < -0.4 is 10.9 Å². The second kappa shape index (κ2) is 8.57. The summed E-state index contributed by atoms with van der Waals surface area (Å²) in [6.07, 6.45) is 7.51. The van der Waals surface area contributed by atoms with Gasteiger partial charge in [0.2, 0.25) is 0 Å². The van der Waals surface area contributed by atoms with Crippen molar-refractivity contribution >= 4 is 24.8 Å². The molecule has 0 aromatic carbocycles. The van der Waals surface area contributed by atoms with Gasteiger partial charge in [0.25, 0.3) is 5.56 Å². The highest BCUT2D eigenvalue weighted by Gasteiger charge is 2.33. The van der Waals surface area contributed by atoms with E-state index in [1.807, 2.05) is 19.4 Å². The first-order chi connectivity index (χ1) is 12.7. The number of nitrogens with zero attached hydrogens (tertiary/aromatic N) is 4. The van der Waals surface area contributed by atoms with Crippen LogP contribution in [0.5, 0.6) is 0 Å². The number of rotatable bonds is 5. The molecule has 1 saturated carbocycles. The van der Waals surface area contributed by atoms with E-state index in [0.717, 1.165) is 44.1 Å². The SMILES string of the molecule is Cl.Cl.Cn1ccnc1CN(Cc1ccc2n(c1=O)C[C@@H]1CNC[C@H]2C1)C1CC1. The molecule has 2 aromatic heterocycles. The fourth-order valence-electron chi connectivity index (χ4n) is 4.66. The molecule has 2 aromatic rings. The first-order valence-electron chi connectivity index (χ1n) is 9.82. The lowest BCUT2D eigenvalue weighted by atomic mass is 9.84. The Morgan fingerprint density at radius 3 is 2.75 bits per heavy atom. The molecule has 5 rings (SSSR count). The van der Waals surface area contributed by atoms with Crippen molar-refractivity contribution in [2.75, 3.05) is 13.1 Å². The van der Waals surface area contributed by atoms with Crippen LogP contribution in [0.1, 0.15) is 42.3 Å². The van der Waals surface area contributed by atoms with E-state index in [4.69, 9.17) is 0 Å². The maximum absolute atomic E-state index is 13.2. The lowest BCUT2D eigenvalue weighted by Crippen LogP contribution is -2.45. The number of aromatic nitrogens is 3. The molecule has 1 saturated heterocycles. The van der Waals surface area contributed by atoms with E-state index in [-0.39, 0.29) is 30.4 Å². The van der Waals surface area contributed by atoms with Gasteiger partial charge in [-0.2, -0.15) is 0 Å². The quantitative estimate of drug-likeness (QED) is 0.798. The van der Waals surface area contributed by atoms with E-state index in [2.05, 4.69) is 36.5 Å². The minimum Gasteiger partial charge on any atom is -0.337 e. The molecule has 0 unspecified atom stereocenters. The Bertz CT molecular complexity index is 876. The van der Waals surface area contributed by atoms with Crippen LogP contribution in [-0.2, 0) is 26.7 Å².